The van der Waals surface area contributed by atoms with E-state index in [9.17, 15) is 4.79 Å². The molecule has 0 aliphatic carbocycles. The van der Waals surface area contributed by atoms with Crippen molar-refractivity contribution in [3.05, 3.63) is 29.3 Å². The van der Waals surface area contributed by atoms with Crippen LogP contribution in [0, 0.1) is 0 Å². The predicted molar refractivity (Wildman–Crippen MR) is 65.3 cm³/mol. The first-order chi connectivity index (χ1) is 8.20. The number of nitrogens with one attached hydrogen (secondary N) is 1. The monoisotopic (exact) mass is 250 g/mol. The highest BCUT2D eigenvalue weighted by atomic mass is 32.1. The third kappa shape index (κ3) is 2.51. The molecule has 1 heterocycles. The van der Waals surface area contributed by atoms with Gasteiger partial charge >= 0.3 is 0 Å². The van der Waals surface area contributed by atoms with Gasteiger partial charge in [-0.15, -0.1) is 5.10 Å². The molecule has 17 heavy (non-hydrogen) atoms. The number of hydrogen-bond acceptors (Lipinski definition) is 6. The number of hydrogen-bond donors (Lipinski definition) is 2. The average Bonchev–Trinajstić information content (AvgIpc) is 2.85. The molecule has 0 radical (unpaired) electrons. The standard InChI is InChI=1S/C10H10N4O2S/c1-16-9-4-6(11)2-3-7(9)12-10(15)8-5-17-14-13-8/h2-5H,11H2,1H3,(H,12,15). The first-order valence-electron chi connectivity index (χ1n) is 4.72. The van der Waals surface area contributed by atoms with Crippen molar-refractivity contribution in [1.82, 2.24) is 9.59 Å². The summed E-state index contributed by atoms with van der Waals surface area (Å²) < 4.78 is 8.74. The molecule has 2 rings (SSSR count). The van der Waals surface area contributed by atoms with Gasteiger partial charge in [0.15, 0.2) is 5.69 Å². The Morgan fingerprint density at radius 3 is 3.00 bits per heavy atom. The zero-order chi connectivity index (χ0) is 12.3. The summed E-state index contributed by atoms with van der Waals surface area (Å²) in [6.45, 7) is 0. The van der Waals surface area contributed by atoms with Gasteiger partial charge in [-0.25, -0.2) is 0 Å². The third-order valence-electron chi connectivity index (χ3n) is 2.07. The number of rotatable bonds is 3. The number of benzene rings is 1. The largest absolute Gasteiger partial charge is 0.494 e. The molecule has 0 aliphatic heterocycles. The summed E-state index contributed by atoms with van der Waals surface area (Å²) in [6.07, 6.45) is 0. The average molecular weight is 250 g/mol. The second-order valence-electron chi connectivity index (χ2n) is 3.20. The highest BCUT2D eigenvalue weighted by Gasteiger charge is 2.11. The number of nitrogens with two attached hydrogens (primary N) is 1. The fourth-order valence-electron chi connectivity index (χ4n) is 1.26. The van der Waals surface area contributed by atoms with Crippen LogP contribution >= 0.6 is 11.5 Å². The number of nitrogens with zero attached hydrogens (tertiary/aromatic N) is 2. The van der Waals surface area contributed by atoms with Crippen molar-refractivity contribution in [3.8, 4) is 5.75 Å². The summed E-state index contributed by atoms with van der Waals surface area (Å²) in [5, 5.41) is 7.92. The van der Waals surface area contributed by atoms with Crippen molar-refractivity contribution >= 4 is 28.8 Å². The molecule has 7 heteroatoms. The zero-order valence-corrected chi connectivity index (χ0v) is 9.82. The molecule has 6 nitrogen and oxygen atoms in total. The zero-order valence-electron chi connectivity index (χ0n) is 9.01. The van der Waals surface area contributed by atoms with Gasteiger partial charge in [-0.1, -0.05) is 4.49 Å². The minimum Gasteiger partial charge on any atom is -0.494 e. The number of ether oxygens (including phenoxy) is 1. The van der Waals surface area contributed by atoms with E-state index in [1.165, 1.54) is 7.11 Å². The molecule has 0 saturated heterocycles. The van der Waals surface area contributed by atoms with Crippen LogP contribution in [-0.2, 0) is 0 Å². The quantitative estimate of drug-likeness (QED) is 0.803. The van der Waals surface area contributed by atoms with Crippen molar-refractivity contribution in [1.29, 1.82) is 0 Å². The number of nitrogen functional groups attached to an aromatic ring is 1. The predicted octanol–water partition coefficient (Wildman–Crippen LogP) is 1.38. The molecule has 1 aromatic carbocycles. The van der Waals surface area contributed by atoms with Gasteiger partial charge < -0.3 is 15.8 Å². The van der Waals surface area contributed by atoms with Crippen LogP contribution in [0.5, 0.6) is 5.75 Å². The van der Waals surface area contributed by atoms with Crippen molar-refractivity contribution < 1.29 is 9.53 Å². The lowest BCUT2D eigenvalue weighted by atomic mass is 10.2. The van der Waals surface area contributed by atoms with Crippen LogP contribution in [0.2, 0.25) is 0 Å². The fraction of sp³-hybridized carbons (Fsp3) is 0.100. The maximum Gasteiger partial charge on any atom is 0.277 e. The van der Waals surface area contributed by atoms with E-state index in [4.69, 9.17) is 10.5 Å². The molecule has 0 atom stereocenters. The highest BCUT2D eigenvalue weighted by Crippen LogP contribution is 2.26. The van der Waals surface area contributed by atoms with Crippen molar-refractivity contribution in [3.63, 3.8) is 0 Å². The SMILES string of the molecule is COc1cc(N)ccc1NC(=O)c1csnn1. The summed E-state index contributed by atoms with van der Waals surface area (Å²) in [4.78, 5) is 11.7. The number of methoxy groups -OCH3 is 1. The molecule has 0 saturated carbocycles. The number of aromatic nitrogens is 2. The van der Waals surface area contributed by atoms with Gasteiger partial charge in [0, 0.05) is 17.1 Å². The summed E-state index contributed by atoms with van der Waals surface area (Å²) in [6, 6.07) is 4.98. The number of anilines is 2. The van der Waals surface area contributed by atoms with Gasteiger partial charge in [-0.2, -0.15) is 0 Å². The van der Waals surface area contributed by atoms with E-state index >= 15 is 0 Å². The smallest absolute Gasteiger partial charge is 0.277 e. The Kier molecular flexibility index (Phi) is 3.20. The van der Waals surface area contributed by atoms with Crippen molar-refractivity contribution in [2.75, 3.05) is 18.2 Å². The van der Waals surface area contributed by atoms with Gasteiger partial charge in [0.2, 0.25) is 0 Å². The van der Waals surface area contributed by atoms with E-state index in [0.29, 0.717) is 17.1 Å². The Morgan fingerprint density at radius 1 is 1.53 bits per heavy atom. The van der Waals surface area contributed by atoms with Crippen LogP contribution in [0.4, 0.5) is 11.4 Å². The van der Waals surface area contributed by atoms with Crippen molar-refractivity contribution in [2.45, 2.75) is 0 Å². The Labute approximate surface area is 102 Å². The van der Waals surface area contributed by atoms with E-state index in [1.54, 1.807) is 23.6 Å². The maximum atomic E-state index is 11.7. The highest BCUT2D eigenvalue weighted by molar-refractivity contribution is 7.03. The summed E-state index contributed by atoms with van der Waals surface area (Å²) >= 11 is 1.12. The van der Waals surface area contributed by atoms with Crippen LogP contribution in [0.1, 0.15) is 10.5 Å². The molecule has 88 valence electrons. The summed E-state index contributed by atoms with van der Waals surface area (Å²) in [7, 11) is 1.51. The van der Waals surface area contributed by atoms with Gasteiger partial charge in [-0.05, 0) is 23.7 Å². The normalized spacial score (nSPS) is 9.94. The first kappa shape index (κ1) is 11.3. The molecule has 2 aromatic rings. The van der Waals surface area contributed by atoms with Crippen LogP contribution in [0.3, 0.4) is 0 Å². The molecule has 0 unspecified atom stereocenters. The molecule has 0 fully saturated rings. The number of amides is 1. The van der Waals surface area contributed by atoms with E-state index in [0.717, 1.165) is 11.5 Å². The van der Waals surface area contributed by atoms with Crippen molar-refractivity contribution in [2.24, 2.45) is 0 Å². The van der Waals surface area contributed by atoms with Crippen LogP contribution in [0.15, 0.2) is 23.6 Å². The van der Waals surface area contributed by atoms with E-state index < -0.39 is 0 Å². The van der Waals surface area contributed by atoms with Crippen LogP contribution in [0.25, 0.3) is 0 Å². The minimum atomic E-state index is -0.332. The van der Waals surface area contributed by atoms with Gasteiger partial charge in [0.25, 0.3) is 5.91 Å². The lowest BCUT2D eigenvalue weighted by molar-refractivity contribution is 0.102. The Bertz CT molecular complexity index is 527. The fourth-order valence-corrected chi connectivity index (χ4v) is 1.70. The summed E-state index contributed by atoms with van der Waals surface area (Å²) in [5.41, 5.74) is 6.99. The molecule has 1 amide bonds. The van der Waals surface area contributed by atoms with Crippen LogP contribution in [-0.4, -0.2) is 22.6 Å². The molecule has 3 N–H and O–H groups in total. The lowest BCUT2D eigenvalue weighted by Gasteiger charge is -2.09. The maximum absolute atomic E-state index is 11.7. The molecule has 1 aromatic heterocycles. The van der Waals surface area contributed by atoms with Gasteiger partial charge in [-0.3, -0.25) is 4.79 Å². The molecule has 0 spiro atoms. The second kappa shape index (κ2) is 4.79. The lowest BCUT2D eigenvalue weighted by Crippen LogP contribution is -2.13. The Hall–Kier alpha value is -2.15. The second-order valence-corrected chi connectivity index (χ2v) is 3.81. The Balaban J connectivity index is 2.21. The van der Waals surface area contributed by atoms with E-state index in [-0.39, 0.29) is 11.6 Å². The summed E-state index contributed by atoms with van der Waals surface area (Å²) in [5.74, 6) is 0.170. The number of carbonyl (C=O) groups is 1. The van der Waals surface area contributed by atoms with E-state index in [2.05, 4.69) is 14.9 Å². The minimum absolute atomic E-state index is 0.272. The molecular weight excluding hydrogens is 240 g/mol. The first-order valence-corrected chi connectivity index (χ1v) is 5.56. The van der Waals surface area contributed by atoms with Gasteiger partial charge in [0.1, 0.15) is 5.75 Å². The van der Waals surface area contributed by atoms with Gasteiger partial charge in [0.05, 0.1) is 12.8 Å². The van der Waals surface area contributed by atoms with Crippen LogP contribution < -0.4 is 15.8 Å². The number of carbonyl (C=O) groups excluding carboxylic acids is 1. The Morgan fingerprint density at radius 2 is 2.35 bits per heavy atom. The molecular formula is C10H10N4O2S. The molecule has 0 aliphatic rings. The molecule has 0 bridgehead atoms. The third-order valence-corrected chi connectivity index (χ3v) is 2.57. The van der Waals surface area contributed by atoms with E-state index in [1.807, 2.05) is 0 Å². The topological polar surface area (TPSA) is 90.1 Å².